The highest BCUT2D eigenvalue weighted by Crippen LogP contribution is 2.34. The minimum atomic E-state index is -0.970. The Morgan fingerprint density at radius 1 is 1.19 bits per heavy atom. The van der Waals surface area contributed by atoms with Crippen molar-refractivity contribution in [3.05, 3.63) is 41.1 Å². The van der Waals surface area contributed by atoms with Crippen LogP contribution in [0.15, 0.2) is 41.2 Å². The molecule has 3 atom stereocenters. The number of amides is 2. The number of Topliss-reactive ketones (excluding diaryl/α,β-unsaturated/α-hetero) is 1. The zero-order valence-corrected chi connectivity index (χ0v) is 15.7. The lowest BCUT2D eigenvalue weighted by Crippen LogP contribution is -2.40. The third kappa shape index (κ3) is 4.87. The molecule has 142 valence electrons. The summed E-state index contributed by atoms with van der Waals surface area (Å²) in [6.45, 7) is 0. The van der Waals surface area contributed by atoms with Crippen LogP contribution < -0.4 is 10.7 Å². The van der Waals surface area contributed by atoms with Crippen LogP contribution in [0.4, 0.5) is 5.69 Å². The summed E-state index contributed by atoms with van der Waals surface area (Å²) < 4.78 is 5.57. The van der Waals surface area contributed by atoms with Crippen LogP contribution in [0.3, 0.4) is 0 Å². The summed E-state index contributed by atoms with van der Waals surface area (Å²) in [6.07, 6.45) is 4.43. The minimum absolute atomic E-state index is 0.0497. The molecule has 1 heterocycles. The zero-order chi connectivity index (χ0) is 19.4. The number of nitrogens with zero attached hydrogens (tertiary/aromatic N) is 1. The second-order valence-corrected chi connectivity index (χ2v) is 7.34. The van der Waals surface area contributed by atoms with Gasteiger partial charge in [0, 0.05) is 16.1 Å². The number of rotatable bonds is 3. The van der Waals surface area contributed by atoms with Crippen molar-refractivity contribution in [1.29, 1.82) is 0 Å². The van der Waals surface area contributed by atoms with Gasteiger partial charge in [-0.3, -0.25) is 14.4 Å². The first-order valence-corrected chi connectivity index (χ1v) is 9.19. The number of alkyl halides is 1. The summed E-state index contributed by atoms with van der Waals surface area (Å²) in [5.74, 6) is -2.30. The van der Waals surface area contributed by atoms with Gasteiger partial charge in [0.1, 0.15) is 6.10 Å². The predicted octanol–water partition coefficient (Wildman–Crippen LogP) is 2.64. The highest BCUT2D eigenvalue weighted by Gasteiger charge is 2.39. The number of hydrogen-bond donors (Lipinski definition) is 2. The van der Waals surface area contributed by atoms with Crippen molar-refractivity contribution < 1.29 is 19.1 Å². The number of ether oxygens (including phenoxy) is 1. The SMILES string of the molecule is O=C(N/N=C/C1=COC2CCC(Cl)CC2C1=O)C(=O)Nc1ccc(Cl)cc1. The van der Waals surface area contributed by atoms with Crippen molar-refractivity contribution in [1.82, 2.24) is 5.43 Å². The maximum absolute atomic E-state index is 12.5. The number of anilines is 1. The standard InChI is InChI=1S/C18H17Cl2N3O4/c19-11-1-4-13(5-2-11)22-17(25)18(26)23-21-8-10-9-27-15-6-3-12(20)7-14(15)16(10)24/h1-2,4-5,8-9,12,14-15H,3,6-7H2,(H,22,25)(H,23,26)/b21-8+. The van der Waals surface area contributed by atoms with Gasteiger partial charge in [0.15, 0.2) is 5.78 Å². The number of hydrazone groups is 1. The molecule has 27 heavy (non-hydrogen) atoms. The van der Waals surface area contributed by atoms with Gasteiger partial charge in [-0.25, -0.2) is 5.43 Å². The highest BCUT2D eigenvalue weighted by atomic mass is 35.5. The van der Waals surface area contributed by atoms with E-state index in [9.17, 15) is 14.4 Å². The summed E-state index contributed by atoms with van der Waals surface area (Å²) >= 11 is 11.9. The first-order valence-electron chi connectivity index (χ1n) is 8.38. The van der Waals surface area contributed by atoms with Crippen molar-refractivity contribution in [3.63, 3.8) is 0 Å². The Bertz CT molecular complexity index is 807. The first-order chi connectivity index (χ1) is 12.9. The van der Waals surface area contributed by atoms with Gasteiger partial charge in [-0.2, -0.15) is 5.10 Å². The molecule has 1 fully saturated rings. The Morgan fingerprint density at radius 3 is 2.67 bits per heavy atom. The van der Waals surface area contributed by atoms with Crippen molar-refractivity contribution in [2.75, 3.05) is 5.32 Å². The van der Waals surface area contributed by atoms with E-state index in [4.69, 9.17) is 27.9 Å². The molecular formula is C18H17Cl2N3O4. The summed E-state index contributed by atoms with van der Waals surface area (Å²) in [7, 11) is 0. The molecule has 1 aromatic rings. The minimum Gasteiger partial charge on any atom is -0.496 e. The largest absolute Gasteiger partial charge is 0.496 e. The Morgan fingerprint density at radius 2 is 1.93 bits per heavy atom. The molecule has 7 nitrogen and oxygen atoms in total. The molecule has 1 aromatic carbocycles. The molecule has 9 heteroatoms. The quantitative estimate of drug-likeness (QED) is 0.347. The van der Waals surface area contributed by atoms with Gasteiger partial charge in [0.05, 0.1) is 24.0 Å². The van der Waals surface area contributed by atoms with Crippen molar-refractivity contribution in [2.45, 2.75) is 30.7 Å². The number of carbonyl (C=O) groups excluding carboxylic acids is 3. The van der Waals surface area contributed by atoms with Crippen LogP contribution in [0.2, 0.25) is 5.02 Å². The van der Waals surface area contributed by atoms with Crippen LogP contribution in [0, 0.1) is 5.92 Å². The highest BCUT2D eigenvalue weighted by molar-refractivity contribution is 6.39. The fourth-order valence-corrected chi connectivity index (χ4v) is 3.43. The number of carbonyl (C=O) groups is 3. The predicted molar refractivity (Wildman–Crippen MR) is 102 cm³/mol. The van der Waals surface area contributed by atoms with Crippen molar-refractivity contribution >= 4 is 52.7 Å². The molecule has 2 N–H and O–H groups in total. The third-order valence-corrected chi connectivity index (χ3v) is 5.04. The molecule has 0 bridgehead atoms. The van der Waals surface area contributed by atoms with Crippen LogP contribution in [0.5, 0.6) is 0 Å². The first kappa shape index (κ1) is 19.4. The lowest BCUT2D eigenvalue weighted by molar-refractivity contribution is -0.136. The van der Waals surface area contributed by atoms with Crippen LogP contribution in [0.1, 0.15) is 19.3 Å². The van der Waals surface area contributed by atoms with E-state index in [1.165, 1.54) is 12.5 Å². The lowest BCUT2D eigenvalue weighted by atomic mass is 9.80. The van der Waals surface area contributed by atoms with E-state index in [1.807, 2.05) is 0 Å². The third-order valence-electron chi connectivity index (χ3n) is 4.39. The lowest BCUT2D eigenvalue weighted by Gasteiger charge is -2.35. The zero-order valence-electron chi connectivity index (χ0n) is 14.2. The summed E-state index contributed by atoms with van der Waals surface area (Å²) in [6, 6.07) is 6.28. The molecule has 0 aromatic heterocycles. The summed E-state index contributed by atoms with van der Waals surface area (Å²) in [5.41, 5.74) is 2.72. The monoisotopic (exact) mass is 409 g/mol. The normalized spacial score (nSPS) is 24.6. The topological polar surface area (TPSA) is 96.9 Å². The second-order valence-electron chi connectivity index (χ2n) is 6.29. The van der Waals surface area contributed by atoms with Crippen LogP contribution in [0.25, 0.3) is 0 Å². The fourth-order valence-electron chi connectivity index (χ4n) is 2.99. The molecule has 1 saturated carbocycles. The average molecular weight is 410 g/mol. The van der Waals surface area contributed by atoms with Gasteiger partial charge in [-0.05, 0) is 43.5 Å². The maximum atomic E-state index is 12.5. The van der Waals surface area contributed by atoms with Crippen molar-refractivity contribution in [2.24, 2.45) is 11.0 Å². The number of fused-ring (bicyclic) bond motifs is 1. The van der Waals surface area contributed by atoms with Crippen molar-refractivity contribution in [3.8, 4) is 0 Å². The summed E-state index contributed by atoms with van der Waals surface area (Å²) in [4.78, 5) is 36.1. The van der Waals surface area contributed by atoms with Gasteiger partial charge in [0.25, 0.3) is 0 Å². The molecule has 0 radical (unpaired) electrons. The van der Waals surface area contributed by atoms with Crippen LogP contribution >= 0.6 is 23.2 Å². The molecular weight excluding hydrogens is 393 g/mol. The van der Waals surface area contributed by atoms with Crippen LogP contribution in [-0.4, -0.2) is 35.3 Å². The number of allylic oxidation sites excluding steroid dienone is 1. The van der Waals surface area contributed by atoms with Crippen LogP contribution in [-0.2, 0) is 19.1 Å². The van der Waals surface area contributed by atoms with Gasteiger partial charge in [0.2, 0.25) is 0 Å². The van der Waals surface area contributed by atoms with Gasteiger partial charge >= 0.3 is 11.8 Å². The van der Waals surface area contributed by atoms with E-state index in [1.54, 1.807) is 24.3 Å². The van der Waals surface area contributed by atoms with Gasteiger partial charge in [-0.15, -0.1) is 11.6 Å². The average Bonchev–Trinajstić information content (AvgIpc) is 2.65. The molecule has 1 aliphatic heterocycles. The van der Waals surface area contributed by atoms with E-state index < -0.39 is 11.8 Å². The molecule has 3 unspecified atom stereocenters. The fraction of sp³-hybridized carbons (Fsp3) is 0.333. The Balaban J connectivity index is 1.54. The van der Waals surface area contributed by atoms with Gasteiger partial charge < -0.3 is 10.1 Å². The molecule has 0 spiro atoms. The number of hydrogen-bond acceptors (Lipinski definition) is 5. The number of halogens is 2. The Kier molecular flexibility index (Phi) is 6.13. The maximum Gasteiger partial charge on any atom is 0.329 e. The Hall–Kier alpha value is -2.38. The molecule has 0 saturated heterocycles. The molecule has 1 aliphatic carbocycles. The number of benzene rings is 1. The molecule has 2 aliphatic rings. The van der Waals surface area contributed by atoms with E-state index in [-0.39, 0.29) is 28.8 Å². The smallest absolute Gasteiger partial charge is 0.329 e. The van der Waals surface area contributed by atoms with E-state index in [2.05, 4.69) is 15.8 Å². The van der Waals surface area contributed by atoms with Gasteiger partial charge in [-0.1, -0.05) is 11.6 Å². The number of nitrogens with one attached hydrogen (secondary N) is 2. The Labute approximate surface area is 165 Å². The molecule has 3 rings (SSSR count). The van der Waals surface area contributed by atoms with E-state index >= 15 is 0 Å². The molecule has 2 amide bonds. The van der Waals surface area contributed by atoms with E-state index in [0.717, 1.165) is 12.8 Å². The number of ketones is 1. The summed E-state index contributed by atoms with van der Waals surface area (Å²) in [5, 5.41) is 6.53. The van der Waals surface area contributed by atoms with E-state index in [0.29, 0.717) is 17.1 Å². The second kappa shape index (κ2) is 8.54.